The van der Waals surface area contributed by atoms with E-state index in [0.29, 0.717) is 0 Å². The van der Waals surface area contributed by atoms with Gasteiger partial charge in [0.05, 0.1) is 0 Å². The minimum absolute atomic E-state index is 0. The molecule has 0 bridgehead atoms. The first-order valence-electron chi connectivity index (χ1n) is 13.0. The standard InChI is InChI=1S/3C8H9.18CN.3Fe.3Sn/c3*1-7-5-3-4-6-8(7)2;18*1-2;;;;;;/h3*3-5H,1-2H3;;;;;;;;;;;;;;;;;;;;;;;;/q;;;18*-1;6*+3. The Labute approximate surface area is 467 Å². The number of hydrogen-bond acceptors (Lipinski definition) is 18. The molecule has 3 radical (unpaired) electrons. The Morgan fingerprint density at radius 1 is 0.227 bits per heavy atom. The van der Waals surface area contributed by atoms with Crippen molar-refractivity contribution in [2.75, 3.05) is 0 Å². The second-order valence-electron chi connectivity index (χ2n) is 6.74. The summed E-state index contributed by atoms with van der Waals surface area (Å²) in [5, 5.41) is 112. The van der Waals surface area contributed by atoms with Crippen LogP contribution in [0.15, 0.2) is 54.6 Å². The number of benzene rings is 3. The van der Waals surface area contributed by atoms with Crippen LogP contribution < -0.4 is 10.7 Å². The summed E-state index contributed by atoms with van der Waals surface area (Å²) >= 11 is 4.54. The Bertz CT molecular complexity index is 1340. The molecule has 0 aliphatic heterocycles. The summed E-state index contributed by atoms with van der Waals surface area (Å²) in [5.41, 5.74) is 8.58. The summed E-state index contributed by atoms with van der Waals surface area (Å²) in [7, 11) is 0. The zero-order valence-electron chi connectivity index (χ0n) is 35.3. The van der Waals surface area contributed by atoms with E-state index in [1.165, 1.54) is 112 Å². The summed E-state index contributed by atoms with van der Waals surface area (Å²) in [5.74, 6) is 0. The maximum Gasteiger partial charge on any atom is 3.00 e. The van der Waals surface area contributed by atoms with E-state index in [2.05, 4.69) is 96.1 Å². The van der Waals surface area contributed by atoms with Crippen LogP contribution in [0.25, 0.3) is 0 Å². The van der Waals surface area contributed by atoms with Crippen molar-refractivity contribution in [2.45, 2.75) is 41.5 Å². The smallest absolute Gasteiger partial charge is 0.512 e. The summed E-state index contributed by atoms with van der Waals surface area (Å²) in [4.78, 5) is 0. The Morgan fingerprint density at radius 2 is 0.318 bits per heavy atom. The molecule has 0 saturated carbocycles. The third-order valence-electron chi connectivity index (χ3n) is 4.81. The second kappa shape index (κ2) is 226. The molecule has 0 spiro atoms. The van der Waals surface area contributed by atoms with Gasteiger partial charge in [-0.15, -0.1) is 0 Å². The summed E-state index contributed by atoms with van der Waals surface area (Å²) in [6.07, 6.45) is 0. The fourth-order valence-electron chi connectivity index (χ4n) is 2.25. The Kier molecular flexibility index (Phi) is 472. The topological polar surface area (TPSA) is 428 Å². The van der Waals surface area contributed by atoms with Crippen LogP contribution in [-0.2, 0) is 51.2 Å². The molecule has 0 aromatic heterocycles. The summed E-state index contributed by atoms with van der Waals surface area (Å²) < 4.78 is 4.42. The van der Waals surface area contributed by atoms with E-state index in [1.807, 2.05) is 0 Å². The predicted molar refractivity (Wildman–Crippen MR) is 213 cm³/mol. The molecule has 66 heavy (non-hydrogen) atoms. The van der Waals surface area contributed by atoms with Crippen LogP contribution in [0.2, 0.25) is 0 Å². The van der Waals surface area contributed by atoms with Crippen LogP contribution in [0, 0.1) is 255 Å². The fourth-order valence-corrected chi connectivity index (χ4v) is 4.77. The van der Waals surface area contributed by atoms with Crippen LogP contribution in [0.1, 0.15) is 33.4 Å². The molecule has 0 atom stereocenters. The van der Waals surface area contributed by atoms with Gasteiger partial charge < -0.3 is 213 Å². The largest absolute Gasteiger partial charge is 3.00 e. The van der Waals surface area contributed by atoms with E-state index in [-0.39, 0.29) is 51.2 Å². The van der Waals surface area contributed by atoms with Gasteiger partial charge in [-0.25, -0.2) is 0 Å². The zero-order chi connectivity index (χ0) is 56.6. The molecule has 24 heteroatoms. The molecular weight excluding hydrogens is 1280 g/mol. The molecule has 3 aromatic rings. The van der Waals surface area contributed by atoms with Crippen molar-refractivity contribution in [3.05, 3.63) is 206 Å². The Morgan fingerprint density at radius 3 is 0.379 bits per heavy atom. The fraction of sp³-hybridized carbons (Fsp3) is 0.143. The van der Waals surface area contributed by atoms with E-state index in [0.717, 1.165) is 0 Å². The van der Waals surface area contributed by atoms with Crippen molar-refractivity contribution < 1.29 is 51.2 Å². The Balaban J connectivity index is -0.0000000179. The van der Waals surface area contributed by atoms with Crippen molar-refractivity contribution in [1.82, 2.24) is 0 Å². The van der Waals surface area contributed by atoms with Gasteiger partial charge in [0.2, 0.25) is 0 Å². The van der Waals surface area contributed by atoms with Gasteiger partial charge in [0.15, 0.2) is 0 Å². The van der Waals surface area contributed by atoms with Gasteiger partial charge >= 0.3 is 259 Å². The van der Waals surface area contributed by atoms with Crippen molar-refractivity contribution >= 4 is 78.3 Å². The molecular formula is C42H27Fe3N18Sn3. The SMILES string of the molecule is Cc1ccc[c]([Sn+3])c1C.Cc1ccc[c]([Sn+3])c1C.Cc1ccc[c]([Sn+3])c1C.[C-]#N.[C-]#N.[C-]#N.[C-]#N.[C-]#N.[C-]#N.[C-]#N.[C-]#N.[C-]#N.[C-]#N.[C-]#N.[C-]#N.[C-]#N.[C-]#N.[C-]#N.[C-]#N.[C-]#N.[C-]#N.[Fe+3].[Fe+3].[Fe+3]. The van der Waals surface area contributed by atoms with Gasteiger partial charge in [-0.3, -0.25) is 0 Å². The van der Waals surface area contributed by atoms with E-state index in [9.17, 15) is 0 Å². The second-order valence-corrected chi connectivity index (χ2v) is 11.4. The van der Waals surface area contributed by atoms with Gasteiger partial charge in [0.25, 0.3) is 0 Å². The average molecular weight is 1310 g/mol. The molecule has 0 aliphatic rings. The number of nitrogens with zero attached hydrogens (tertiary/aromatic N) is 18. The monoisotopic (exact) mass is 1310 g/mol. The normalized spacial score (nSPS) is 4.55. The minimum Gasteiger partial charge on any atom is -0.512 e. The number of hydrogen-bond donors (Lipinski definition) is 0. The maximum atomic E-state index is 6.25. The summed E-state index contributed by atoms with van der Waals surface area (Å²) in [6.45, 7) is 98.5. The molecule has 3 aromatic carbocycles. The van der Waals surface area contributed by atoms with Gasteiger partial charge in [0, 0.05) is 0 Å². The first-order valence-corrected chi connectivity index (χ1v) is 17.3. The molecule has 0 heterocycles. The third-order valence-corrected chi connectivity index (χ3v) is 9.45. The number of aryl methyl sites for hydroxylation is 3. The van der Waals surface area contributed by atoms with Gasteiger partial charge in [0.1, 0.15) is 0 Å². The predicted octanol–water partition coefficient (Wildman–Crippen LogP) is 5.02. The first kappa shape index (κ1) is 138. The van der Waals surface area contributed by atoms with Gasteiger partial charge in [-0.2, -0.15) is 0 Å². The van der Waals surface area contributed by atoms with Gasteiger partial charge in [-0.1, -0.05) is 0 Å². The van der Waals surface area contributed by atoms with Crippen LogP contribution >= 0.6 is 0 Å². The van der Waals surface area contributed by atoms with Crippen LogP contribution in [0.3, 0.4) is 0 Å². The number of rotatable bonds is 0. The summed E-state index contributed by atoms with van der Waals surface area (Å²) in [6, 6.07) is 19.4. The molecule has 3 rings (SSSR count). The van der Waals surface area contributed by atoms with Crippen LogP contribution in [0.4, 0.5) is 0 Å². The molecule has 321 valence electrons. The van der Waals surface area contributed by atoms with Crippen molar-refractivity contribution in [3.63, 3.8) is 0 Å². The van der Waals surface area contributed by atoms with E-state index >= 15 is 0 Å². The maximum absolute atomic E-state index is 6.25. The average Bonchev–Trinajstić information content (AvgIpc) is 3.42. The molecule has 0 aliphatic carbocycles. The van der Waals surface area contributed by atoms with E-state index in [1.54, 1.807) is 0 Å². The van der Waals surface area contributed by atoms with Crippen LogP contribution in [-0.4, -0.2) is 67.6 Å². The zero-order valence-corrected chi connectivity index (χ0v) is 47.2. The van der Waals surface area contributed by atoms with Crippen molar-refractivity contribution in [3.8, 4) is 0 Å². The molecule has 0 amide bonds. The quantitative estimate of drug-likeness (QED) is 0.211. The molecule has 0 fully saturated rings. The molecule has 18 nitrogen and oxygen atoms in total. The Hall–Kier alpha value is -7.57. The molecule has 0 unspecified atom stereocenters. The van der Waals surface area contributed by atoms with Crippen molar-refractivity contribution in [2.24, 2.45) is 0 Å². The van der Waals surface area contributed by atoms with E-state index in [4.69, 9.17) is 213 Å². The minimum atomic E-state index is 0. The van der Waals surface area contributed by atoms with Crippen molar-refractivity contribution in [1.29, 1.82) is 94.7 Å². The molecule has 0 N–H and O–H groups in total. The molecule has 0 saturated heterocycles. The van der Waals surface area contributed by atoms with Gasteiger partial charge in [-0.05, 0) is 0 Å². The van der Waals surface area contributed by atoms with Crippen LogP contribution in [0.5, 0.6) is 0 Å². The van der Waals surface area contributed by atoms with E-state index < -0.39 is 0 Å². The first-order chi connectivity index (χ1) is 30.6. The third kappa shape index (κ3) is 146.